The van der Waals surface area contributed by atoms with Crippen molar-refractivity contribution in [3.8, 4) is 0 Å². The zero-order valence-corrected chi connectivity index (χ0v) is 43.6. The maximum absolute atomic E-state index is 12.8. The predicted molar refractivity (Wildman–Crippen MR) is 288 cm³/mol. The van der Waals surface area contributed by atoms with Crippen LogP contribution in [-0.2, 0) is 28.6 Å². The van der Waals surface area contributed by atoms with Gasteiger partial charge in [-0.2, -0.15) is 0 Å². The summed E-state index contributed by atoms with van der Waals surface area (Å²) in [4.78, 5) is 38.0. The number of esters is 3. The summed E-state index contributed by atoms with van der Waals surface area (Å²) in [6.45, 7) is 6.38. The quantitative estimate of drug-likeness (QED) is 0.0262. The number of hydrogen-bond donors (Lipinski definition) is 0. The molecular formula is C61H102O6. The monoisotopic (exact) mass is 931 g/mol. The van der Waals surface area contributed by atoms with Gasteiger partial charge in [0.25, 0.3) is 0 Å². The van der Waals surface area contributed by atoms with E-state index in [4.69, 9.17) is 14.2 Å². The number of carbonyl (C=O) groups excluding carboxylic acids is 3. The first-order valence-electron chi connectivity index (χ1n) is 27.7. The average molecular weight is 931 g/mol. The van der Waals surface area contributed by atoms with E-state index in [0.717, 1.165) is 128 Å². The Bertz CT molecular complexity index is 1350. The fraction of sp³-hybridized carbons (Fsp3) is 0.689. The van der Waals surface area contributed by atoms with E-state index in [2.05, 4.69) is 118 Å². The second-order valence-corrected chi connectivity index (χ2v) is 18.1. The molecule has 0 spiro atoms. The standard InChI is InChI=1S/C61H102O6/c1-4-7-10-13-16-19-21-23-25-27-29-30-32-33-35-37-39-42-45-48-51-54-60(63)66-57-58(56-65-59(62)53-50-47-44-41-18-15-12-9-6-3)67-61(64)55-52-49-46-43-40-38-36-34-31-28-26-24-22-20-17-14-11-8-5-2/h7-8,10-11,16-17,19-20,23-26,29-31,34,58H,4-6,9,12-15,18,21-22,27-28,32-33,35-57H2,1-3H3/b10-7-,11-8-,19-16-,20-17-,25-23-,26-24-,30-29-,34-31-. The number of hydrogen-bond acceptors (Lipinski definition) is 6. The molecule has 0 rings (SSSR count). The van der Waals surface area contributed by atoms with Crippen LogP contribution in [0.25, 0.3) is 0 Å². The zero-order chi connectivity index (χ0) is 48.6. The maximum Gasteiger partial charge on any atom is 0.306 e. The fourth-order valence-electron chi connectivity index (χ4n) is 7.48. The van der Waals surface area contributed by atoms with Crippen molar-refractivity contribution in [2.75, 3.05) is 13.2 Å². The van der Waals surface area contributed by atoms with Crippen LogP contribution >= 0.6 is 0 Å². The van der Waals surface area contributed by atoms with E-state index < -0.39 is 6.10 Å². The topological polar surface area (TPSA) is 78.9 Å². The Hall–Kier alpha value is -3.67. The van der Waals surface area contributed by atoms with E-state index in [0.29, 0.717) is 19.3 Å². The Balaban J connectivity index is 4.34. The van der Waals surface area contributed by atoms with Crippen molar-refractivity contribution in [3.63, 3.8) is 0 Å². The van der Waals surface area contributed by atoms with Gasteiger partial charge < -0.3 is 14.2 Å². The highest BCUT2D eigenvalue weighted by atomic mass is 16.6. The second kappa shape index (κ2) is 54.9. The zero-order valence-electron chi connectivity index (χ0n) is 43.6. The number of allylic oxidation sites excluding steroid dienone is 16. The molecule has 0 saturated carbocycles. The molecule has 0 saturated heterocycles. The molecule has 1 atom stereocenters. The lowest BCUT2D eigenvalue weighted by atomic mass is 10.1. The summed E-state index contributed by atoms with van der Waals surface area (Å²) in [5.41, 5.74) is 0. The van der Waals surface area contributed by atoms with Crippen LogP contribution in [-0.4, -0.2) is 37.2 Å². The highest BCUT2D eigenvalue weighted by Crippen LogP contribution is 2.15. The van der Waals surface area contributed by atoms with E-state index in [1.54, 1.807) is 0 Å². The molecule has 1 unspecified atom stereocenters. The van der Waals surface area contributed by atoms with Gasteiger partial charge in [0.05, 0.1) is 0 Å². The summed E-state index contributed by atoms with van der Waals surface area (Å²) in [6.07, 6.45) is 72.5. The van der Waals surface area contributed by atoms with E-state index in [1.165, 1.54) is 83.5 Å². The molecule has 0 radical (unpaired) electrons. The largest absolute Gasteiger partial charge is 0.462 e. The molecule has 6 heteroatoms. The lowest BCUT2D eigenvalue weighted by Crippen LogP contribution is -2.30. The van der Waals surface area contributed by atoms with E-state index >= 15 is 0 Å². The molecule has 0 amide bonds. The smallest absolute Gasteiger partial charge is 0.306 e. The third-order valence-electron chi connectivity index (χ3n) is 11.6. The van der Waals surface area contributed by atoms with Crippen LogP contribution in [0, 0.1) is 0 Å². The molecule has 0 aromatic carbocycles. The predicted octanol–water partition coefficient (Wildman–Crippen LogP) is 18.5. The van der Waals surface area contributed by atoms with Crippen LogP contribution in [0.3, 0.4) is 0 Å². The molecule has 0 aliphatic carbocycles. The third kappa shape index (κ3) is 53.2. The minimum Gasteiger partial charge on any atom is -0.462 e. The van der Waals surface area contributed by atoms with Crippen LogP contribution in [0.4, 0.5) is 0 Å². The molecule has 0 fully saturated rings. The maximum atomic E-state index is 12.8. The van der Waals surface area contributed by atoms with Gasteiger partial charge in [0, 0.05) is 19.3 Å². The van der Waals surface area contributed by atoms with Gasteiger partial charge >= 0.3 is 17.9 Å². The molecule has 0 bridgehead atoms. The number of unbranched alkanes of at least 4 members (excludes halogenated alkanes) is 22. The minimum absolute atomic E-state index is 0.0853. The first-order valence-corrected chi connectivity index (χ1v) is 27.7. The summed E-state index contributed by atoms with van der Waals surface area (Å²) in [5, 5.41) is 0. The average Bonchev–Trinajstić information content (AvgIpc) is 3.33. The highest BCUT2D eigenvalue weighted by Gasteiger charge is 2.19. The van der Waals surface area contributed by atoms with Crippen molar-refractivity contribution < 1.29 is 28.6 Å². The van der Waals surface area contributed by atoms with E-state index in [9.17, 15) is 14.4 Å². The second-order valence-electron chi connectivity index (χ2n) is 18.1. The number of rotatable bonds is 49. The summed E-state index contributed by atoms with van der Waals surface area (Å²) in [5.74, 6) is -0.909. The highest BCUT2D eigenvalue weighted by molar-refractivity contribution is 5.71. The van der Waals surface area contributed by atoms with Gasteiger partial charge in [0.1, 0.15) is 13.2 Å². The van der Waals surface area contributed by atoms with Gasteiger partial charge in [-0.3, -0.25) is 14.4 Å². The van der Waals surface area contributed by atoms with Gasteiger partial charge in [-0.15, -0.1) is 0 Å². The SMILES string of the molecule is CC/C=C\C/C=C\C/C=C\C/C=C\CCCCCCCCCCC(=O)OCC(COC(=O)CCCCCCCCCCC)OC(=O)CCCCCCCC/C=C\C/C=C\C/C=C\C/C=C\CC. The Morgan fingerprint density at radius 3 is 0.910 bits per heavy atom. The van der Waals surface area contributed by atoms with Crippen molar-refractivity contribution in [2.45, 2.75) is 258 Å². The van der Waals surface area contributed by atoms with Gasteiger partial charge in [-0.25, -0.2) is 0 Å². The van der Waals surface area contributed by atoms with Crippen LogP contribution in [0.15, 0.2) is 97.2 Å². The van der Waals surface area contributed by atoms with Crippen molar-refractivity contribution >= 4 is 17.9 Å². The van der Waals surface area contributed by atoms with E-state index in [-0.39, 0.29) is 31.1 Å². The number of ether oxygens (including phenoxy) is 3. The van der Waals surface area contributed by atoms with Crippen molar-refractivity contribution in [2.24, 2.45) is 0 Å². The van der Waals surface area contributed by atoms with Crippen molar-refractivity contribution in [1.82, 2.24) is 0 Å². The van der Waals surface area contributed by atoms with Crippen LogP contribution < -0.4 is 0 Å². The van der Waals surface area contributed by atoms with Gasteiger partial charge in [0.2, 0.25) is 0 Å². The molecule has 67 heavy (non-hydrogen) atoms. The number of carbonyl (C=O) groups is 3. The molecule has 0 aromatic rings. The molecule has 6 nitrogen and oxygen atoms in total. The third-order valence-corrected chi connectivity index (χ3v) is 11.6. The van der Waals surface area contributed by atoms with Crippen LogP contribution in [0.1, 0.15) is 252 Å². The summed E-state index contributed by atoms with van der Waals surface area (Å²) < 4.78 is 16.8. The van der Waals surface area contributed by atoms with Gasteiger partial charge in [0.15, 0.2) is 6.10 Å². The molecule has 0 N–H and O–H groups in total. The van der Waals surface area contributed by atoms with Crippen LogP contribution in [0.2, 0.25) is 0 Å². The van der Waals surface area contributed by atoms with Crippen molar-refractivity contribution in [3.05, 3.63) is 97.2 Å². The Labute approximate surface area is 413 Å². The Morgan fingerprint density at radius 2 is 0.582 bits per heavy atom. The lowest BCUT2D eigenvalue weighted by molar-refractivity contribution is -0.167. The molecule has 0 aliphatic rings. The van der Waals surface area contributed by atoms with Gasteiger partial charge in [-0.1, -0.05) is 234 Å². The summed E-state index contributed by atoms with van der Waals surface area (Å²) >= 11 is 0. The van der Waals surface area contributed by atoms with E-state index in [1.807, 2.05) is 0 Å². The normalized spacial score (nSPS) is 12.8. The summed E-state index contributed by atoms with van der Waals surface area (Å²) in [7, 11) is 0. The first-order chi connectivity index (χ1) is 33.0. The first kappa shape index (κ1) is 63.3. The lowest BCUT2D eigenvalue weighted by Gasteiger charge is -2.18. The molecular weight excluding hydrogens is 829 g/mol. The molecule has 0 aromatic heterocycles. The van der Waals surface area contributed by atoms with Gasteiger partial charge in [-0.05, 0) is 96.3 Å². The fourth-order valence-corrected chi connectivity index (χ4v) is 7.48. The Morgan fingerprint density at radius 1 is 0.313 bits per heavy atom. The molecule has 0 aliphatic heterocycles. The minimum atomic E-state index is -0.787. The Kier molecular flexibility index (Phi) is 51.9. The van der Waals surface area contributed by atoms with Crippen molar-refractivity contribution in [1.29, 1.82) is 0 Å². The molecule has 0 heterocycles. The molecule has 382 valence electrons. The summed E-state index contributed by atoms with van der Waals surface area (Å²) in [6, 6.07) is 0. The van der Waals surface area contributed by atoms with Crippen LogP contribution in [0.5, 0.6) is 0 Å².